The van der Waals surface area contributed by atoms with Crippen LogP contribution in [0.2, 0.25) is 0 Å². The molecule has 2 N–H and O–H groups in total. The Morgan fingerprint density at radius 2 is 1.96 bits per heavy atom. The third kappa shape index (κ3) is 3.18. The fraction of sp³-hybridized carbons (Fsp3) is 0.158. The topological polar surface area (TPSA) is 82.5 Å². The van der Waals surface area contributed by atoms with Gasteiger partial charge in [-0.05, 0) is 25.3 Å². The monoisotopic (exact) mass is 398 g/mol. The minimum absolute atomic E-state index is 0.137. The summed E-state index contributed by atoms with van der Waals surface area (Å²) in [7, 11) is 0. The Balaban J connectivity index is 1.91. The lowest BCUT2D eigenvalue weighted by Crippen LogP contribution is -2.05. The standard InChI is InChI=1S/C19H16F2N6S/c1-10-16(22)24-17(25-19(10)28-2)15-13-7-12(20)8-23-18(13)27(26-15)9-11-5-3-4-6-14(11)21/h3-8H,9H2,1-2H3,(H2,22,24,25). The molecule has 28 heavy (non-hydrogen) atoms. The summed E-state index contributed by atoms with van der Waals surface area (Å²) in [5.74, 6) is -0.257. The van der Waals surface area contributed by atoms with Crippen LogP contribution < -0.4 is 5.73 Å². The minimum Gasteiger partial charge on any atom is -0.383 e. The zero-order chi connectivity index (χ0) is 19.8. The number of nitrogens with zero attached hydrogens (tertiary/aromatic N) is 5. The third-order valence-corrected chi connectivity index (χ3v) is 5.16. The van der Waals surface area contributed by atoms with E-state index in [1.54, 1.807) is 18.2 Å². The zero-order valence-electron chi connectivity index (χ0n) is 15.1. The molecular formula is C19H16F2N6S. The van der Waals surface area contributed by atoms with Crippen LogP contribution in [0.5, 0.6) is 0 Å². The number of rotatable bonds is 4. The maximum absolute atomic E-state index is 14.1. The molecule has 0 atom stereocenters. The second kappa shape index (κ2) is 7.16. The average Bonchev–Trinajstić information content (AvgIpc) is 3.03. The highest BCUT2D eigenvalue weighted by Crippen LogP contribution is 2.30. The molecule has 3 aromatic heterocycles. The number of aromatic nitrogens is 5. The number of thioether (sulfide) groups is 1. The quantitative estimate of drug-likeness (QED) is 0.416. The van der Waals surface area contributed by atoms with Gasteiger partial charge in [-0.25, -0.2) is 28.4 Å². The molecule has 0 saturated heterocycles. The molecule has 1 aromatic carbocycles. The van der Waals surface area contributed by atoms with Gasteiger partial charge in [0.05, 0.1) is 18.1 Å². The van der Waals surface area contributed by atoms with Gasteiger partial charge < -0.3 is 5.73 Å². The second-order valence-corrected chi connectivity index (χ2v) is 6.98. The molecule has 3 heterocycles. The summed E-state index contributed by atoms with van der Waals surface area (Å²) in [6.45, 7) is 1.97. The molecular weight excluding hydrogens is 382 g/mol. The van der Waals surface area contributed by atoms with Gasteiger partial charge in [0.15, 0.2) is 11.5 Å². The Hall–Kier alpha value is -3.07. The molecule has 0 aliphatic carbocycles. The van der Waals surface area contributed by atoms with Crippen molar-refractivity contribution in [2.24, 2.45) is 0 Å². The Morgan fingerprint density at radius 1 is 1.18 bits per heavy atom. The van der Waals surface area contributed by atoms with Gasteiger partial charge in [-0.2, -0.15) is 5.10 Å². The lowest BCUT2D eigenvalue weighted by atomic mass is 10.2. The summed E-state index contributed by atoms with van der Waals surface area (Å²) in [5.41, 5.74) is 8.00. The molecule has 0 aliphatic rings. The van der Waals surface area contributed by atoms with E-state index in [1.807, 2.05) is 13.2 Å². The fourth-order valence-electron chi connectivity index (χ4n) is 2.91. The van der Waals surface area contributed by atoms with Crippen molar-refractivity contribution in [1.29, 1.82) is 0 Å². The highest BCUT2D eigenvalue weighted by molar-refractivity contribution is 7.98. The van der Waals surface area contributed by atoms with Crippen LogP contribution in [0, 0.1) is 18.6 Å². The number of hydrogen-bond acceptors (Lipinski definition) is 6. The van der Waals surface area contributed by atoms with Gasteiger partial charge in [-0.3, -0.25) is 0 Å². The van der Waals surface area contributed by atoms with E-state index in [1.165, 1.54) is 28.6 Å². The van der Waals surface area contributed by atoms with E-state index in [0.717, 1.165) is 11.8 Å². The number of nitrogen functional groups attached to an aromatic ring is 1. The summed E-state index contributed by atoms with van der Waals surface area (Å²) in [6.07, 6.45) is 2.98. The first kappa shape index (κ1) is 18.3. The second-order valence-electron chi connectivity index (χ2n) is 6.19. The summed E-state index contributed by atoms with van der Waals surface area (Å²) >= 11 is 1.43. The number of pyridine rings is 1. The Bertz CT molecular complexity index is 1190. The van der Waals surface area contributed by atoms with E-state index in [-0.39, 0.29) is 18.2 Å². The highest BCUT2D eigenvalue weighted by Gasteiger charge is 2.19. The van der Waals surface area contributed by atoms with Crippen LogP contribution in [-0.2, 0) is 6.54 Å². The van der Waals surface area contributed by atoms with Gasteiger partial charge in [-0.1, -0.05) is 18.2 Å². The smallest absolute Gasteiger partial charge is 0.183 e. The maximum atomic E-state index is 14.1. The minimum atomic E-state index is -0.510. The van der Waals surface area contributed by atoms with Crippen LogP contribution in [0.15, 0.2) is 41.6 Å². The average molecular weight is 398 g/mol. The number of anilines is 1. The Labute approximate surface area is 163 Å². The number of hydrogen-bond donors (Lipinski definition) is 1. The first-order valence-corrected chi connectivity index (χ1v) is 9.64. The molecule has 6 nitrogen and oxygen atoms in total. The molecule has 0 fully saturated rings. The highest BCUT2D eigenvalue weighted by atomic mass is 32.2. The van der Waals surface area contributed by atoms with Crippen molar-refractivity contribution in [3.05, 3.63) is 59.3 Å². The van der Waals surface area contributed by atoms with Crippen molar-refractivity contribution in [2.75, 3.05) is 12.0 Å². The fourth-order valence-corrected chi connectivity index (χ4v) is 3.50. The lowest BCUT2D eigenvalue weighted by Gasteiger charge is -2.07. The normalized spacial score (nSPS) is 11.3. The number of benzene rings is 1. The van der Waals surface area contributed by atoms with Crippen molar-refractivity contribution in [3.63, 3.8) is 0 Å². The Kier molecular flexibility index (Phi) is 4.68. The number of fused-ring (bicyclic) bond motifs is 1. The van der Waals surface area contributed by atoms with E-state index in [0.29, 0.717) is 33.1 Å². The van der Waals surface area contributed by atoms with E-state index in [9.17, 15) is 8.78 Å². The van der Waals surface area contributed by atoms with Gasteiger partial charge in [0, 0.05) is 11.1 Å². The van der Waals surface area contributed by atoms with Crippen LogP contribution in [0.4, 0.5) is 14.6 Å². The summed E-state index contributed by atoms with van der Waals surface area (Å²) in [6, 6.07) is 7.72. The summed E-state index contributed by atoms with van der Waals surface area (Å²) in [4.78, 5) is 13.0. The molecule has 4 aromatic rings. The molecule has 0 radical (unpaired) electrons. The van der Waals surface area contributed by atoms with Crippen molar-refractivity contribution in [1.82, 2.24) is 24.7 Å². The van der Waals surface area contributed by atoms with Gasteiger partial charge in [0.25, 0.3) is 0 Å². The van der Waals surface area contributed by atoms with Crippen LogP contribution in [-0.4, -0.2) is 31.0 Å². The first-order chi connectivity index (χ1) is 13.5. The van der Waals surface area contributed by atoms with Crippen molar-refractivity contribution in [2.45, 2.75) is 18.5 Å². The van der Waals surface area contributed by atoms with Gasteiger partial charge >= 0.3 is 0 Å². The van der Waals surface area contributed by atoms with Crippen molar-refractivity contribution < 1.29 is 8.78 Å². The van der Waals surface area contributed by atoms with E-state index < -0.39 is 5.82 Å². The predicted octanol–water partition coefficient (Wildman–Crippen LogP) is 3.83. The van der Waals surface area contributed by atoms with E-state index in [4.69, 9.17) is 5.73 Å². The molecule has 0 saturated carbocycles. The zero-order valence-corrected chi connectivity index (χ0v) is 16.0. The van der Waals surface area contributed by atoms with Gasteiger partial charge in [0.2, 0.25) is 0 Å². The van der Waals surface area contributed by atoms with Crippen molar-refractivity contribution in [3.8, 4) is 11.5 Å². The SMILES string of the molecule is CSc1nc(-c2nn(Cc3ccccc3F)c3ncc(F)cc23)nc(N)c1C. The van der Waals surface area contributed by atoms with Crippen LogP contribution in [0.25, 0.3) is 22.6 Å². The van der Waals surface area contributed by atoms with Gasteiger partial charge in [0.1, 0.15) is 28.2 Å². The van der Waals surface area contributed by atoms with Crippen molar-refractivity contribution >= 4 is 28.6 Å². The van der Waals surface area contributed by atoms with Crippen LogP contribution >= 0.6 is 11.8 Å². The molecule has 0 aliphatic heterocycles. The molecule has 0 bridgehead atoms. The number of halogens is 2. The van der Waals surface area contributed by atoms with Crippen LogP contribution in [0.1, 0.15) is 11.1 Å². The first-order valence-electron chi connectivity index (χ1n) is 8.42. The molecule has 4 rings (SSSR count). The third-order valence-electron chi connectivity index (χ3n) is 4.38. The molecule has 0 amide bonds. The van der Waals surface area contributed by atoms with E-state index in [2.05, 4.69) is 20.1 Å². The van der Waals surface area contributed by atoms with E-state index >= 15 is 0 Å². The lowest BCUT2D eigenvalue weighted by molar-refractivity contribution is 0.588. The molecule has 0 unspecified atom stereocenters. The predicted molar refractivity (Wildman–Crippen MR) is 105 cm³/mol. The molecule has 142 valence electrons. The number of nitrogens with two attached hydrogens (primary N) is 1. The van der Waals surface area contributed by atoms with Crippen LogP contribution in [0.3, 0.4) is 0 Å². The molecule has 0 spiro atoms. The largest absolute Gasteiger partial charge is 0.383 e. The maximum Gasteiger partial charge on any atom is 0.183 e. The molecule has 9 heteroatoms. The van der Waals surface area contributed by atoms with Gasteiger partial charge in [-0.15, -0.1) is 11.8 Å². The summed E-state index contributed by atoms with van der Waals surface area (Å²) < 4.78 is 29.5. The Morgan fingerprint density at radius 3 is 2.71 bits per heavy atom. The summed E-state index contributed by atoms with van der Waals surface area (Å²) in [5, 5.41) is 5.66.